The molecule has 1 aliphatic heterocycles. The van der Waals surface area contributed by atoms with E-state index in [1.165, 1.54) is 12.1 Å². The lowest BCUT2D eigenvalue weighted by Gasteiger charge is -2.40. The van der Waals surface area contributed by atoms with Crippen LogP contribution in [-0.4, -0.2) is 51.6 Å². The maximum absolute atomic E-state index is 14.9. The van der Waals surface area contributed by atoms with Crippen LogP contribution < -0.4 is 0 Å². The third kappa shape index (κ3) is 4.47. The van der Waals surface area contributed by atoms with E-state index in [4.69, 9.17) is 9.47 Å². The zero-order chi connectivity index (χ0) is 24.8. The minimum absolute atomic E-state index is 0.00291. The van der Waals surface area contributed by atoms with Crippen LogP contribution in [0.15, 0.2) is 30.5 Å². The minimum atomic E-state index is -0.697. The van der Waals surface area contributed by atoms with Gasteiger partial charge in [-0.05, 0) is 63.9 Å². The van der Waals surface area contributed by atoms with Crippen molar-refractivity contribution in [1.82, 2.24) is 14.3 Å². The van der Waals surface area contributed by atoms with Crippen LogP contribution in [0, 0.1) is 18.7 Å². The number of likely N-dealkylation sites (tertiary alicyclic amines) is 1. The van der Waals surface area contributed by atoms with Crippen LogP contribution in [0.2, 0.25) is 0 Å². The monoisotopic (exact) mass is 471 g/mol. The first-order valence-electron chi connectivity index (χ1n) is 11.1. The van der Waals surface area contributed by atoms with E-state index < -0.39 is 29.4 Å². The fourth-order valence-electron chi connectivity index (χ4n) is 4.05. The average Bonchev–Trinajstić information content (AvgIpc) is 2.99. The number of pyridine rings is 1. The highest BCUT2D eigenvalue weighted by Gasteiger charge is 2.35. The topological polar surface area (TPSA) is 73.1 Å². The molecule has 180 valence electrons. The smallest absolute Gasteiger partial charge is 0.410 e. The summed E-state index contributed by atoms with van der Waals surface area (Å²) in [6.07, 6.45) is 1.40. The Morgan fingerprint density at radius 1 is 1.15 bits per heavy atom. The van der Waals surface area contributed by atoms with Crippen LogP contribution in [0.5, 0.6) is 0 Å². The standard InChI is InChI=1S/C25H27F2N3O4/c1-6-33-23(31)20-10-17(26)7-8-18(20)19-9-15(13-30-14(2)28-22(27)21(19)30)16-11-29(12-16)24(32)34-25(3,4)5/h7-10,13,16H,6,11-12H2,1-5H3. The summed E-state index contributed by atoms with van der Waals surface area (Å²) in [7, 11) is 0. The van der Waals surface area contributed by atoms with Crippen LogP contribution in [-0.2, 0) is 9.47 Å². The van der Waals surface area contributed by atoms with Crippen molar-refractivity contribution in [2.45, 2.75) is 46.1 Å². The van der Waals surface area contributed by atoms with Crippen LogP contribution in [0.25, 0.3) is 16.6 Å². The number of hydrogen-bond acceptors (Lipinski definition) is 5. The summed E-state index contributed by atoms with van der Waals surface area (Å²) in [5.74, 6) is -1.58. The lowest BCUT2D eigenvalue weighted by Crippen LogP contribution is -2.50. The number of halogens is 2. The first-order valence-corrected chi connectivity index (χ1v) is 11.1. The summed E-state index contributed by atoms with van der Waals surface area (Å²) in [4.78, 5) is 30.5. The van der Waals surface area contributed by atoms with Crippen molar-refractivity contribution in [3.63, 3.8) is 0 Å². The third-order valence-corrected chi connectivity index (χ3v) is 5.66. The second-order valence-corrected chi connectivity index (χ2v) is 9.35. The van der Waals surface area contributed by atoms with Gasteiger partial charge in [-0.2, -0.15) is 4.39 Å². The molecule has 0 N–H and O–H groups in total. The molecule has 1 fully saturated rings. The van der Waals surface area contributed by atoms with E-state index in [0.29, 0.717) is 30.0 Å². The molecule has 0 unspecified atom stereocenters. The maximum Gasteiger partial charge on any atom is 0.410 e. The number of carbonyl (C=O) groups excluding carboxylic acids is 2. The molecule has 0 radical (unpaired) electrons. The van der Waals surface area contributed by atoms with E-state index in [1.54, 1.807) is 35.4 Å². The summed E-state index contributed by atoms with van der Waals surface area (Å²) in [5.41, 5.74) is 1.17. The molecule has 1 aliphatic rings. The van der Waals surface area contributed by atoms with Gasteiger partial charge in [-0.1, -0.05) is 6.07 Å². The average molecular weight is 472 g/mol. The number of fused-ring (bicyclic) bond motifs is 1. The number of aryl methyl sites for hydroxylation is 1. The van der Waals surface area contributed by atoms with Gasteiger partial charge in [0.1, 0.15) is 22.8 Å². The van der Waals surface area contributed by atoms with Crippen LogP contribution >= 0.6 is 0 Å². The van der Waals surface area contributed by atoms with Gasteiger partial charge in [0, 0.05) is 30.8 Å². The molecule has 1 amide bonds. The molecule has 7 nitrogen and oxygen atoms in total. The fourth-order valence-corrected chi connectivity index (χ4v) is 4.05. The highest BCUT2D eigenvalue weighted by molar-refractivity contribution is 6.00. The molecule has 3 aromatic rings. The second-order valence-electron chi connectivity index (χ2n) is 9.35. The molecule has 0 saturated carbocycles. The Balaban J connectivity index is 1.77. The van der Waals surface area contributed by atoms with Crippen molar-refractivity contribution in [2.24, 2.45) is 0 Å². The minimum Gasteiger partial charge on any atom is -0.462 e. The molecule has 0 bridgehead atoms. The highest BCUT2D eigenvalue weighted by atomic mass is 19.1. The van der Waals surface area contributed by atoms with E-state index in [1.807, 2.05) is 20.8 Å². The number of hydrogen-bond donors (Lipinski definition) is 0. The molecule has 2 aromatic heterocycles. The first-order chi connectivity index (χ1) is 16.0. The molecular weight excluding hydrogens is 444 g/mol. The molecule has 34 heavy (non-hydrogen) atoms. The van der Waals surface area contributed by atoms with Crippen molar-refractivity contribution >= 4 is 17.6 Å². The van der Waals surface area contributed by atoms with Gasteiger partial charge in [0.05, 0.1) is 12.2 Å². The number of carbonyl (C=O) groups is 2. The molecule has 9 heteroatoms. The van der Waals surface area contributed by atoms with Gasteiger partial charge < -0.3 is 18.8 Å². The van der Waals surface area contributed by atoms with E-state index in [2.05, 4.69) is 4.98 Å². The van der Waals surface area contributed by atoms with Gasteiger partial charge in [-0.25, -0.2) is 19.0 Å². The molecule has 1 saturated heterocycles. The van der Waals surface area contributed by atoms with Crippen molar-refractivity contribution in [1.29, 1.82) is 0 Å². The largest absolute Gasteiger partial charge is 0.462 e. The van der Waals surface area contributed by atoms with Gasteiger partial charge in [-0.3, -0.25) is 0 Å². The predicted molar refractivity (Wildman–Crippen MR) is 122 cm³/mol. The Bertz CT molecular complexity index is 1270. The van der Waals surface area contributed by atoms with E-state index in [0.717, 1.165) is 11.6 Å². The zero-order valence-electron chi connectivity index (χ0n) is 19.8. The van der Waals surface area contributed by atoms with Gasteiger partial charge in [0.15, 0.2) is 0 Å². The first kappa shape index (κ1) is 23.7. The number of imidazole rings is 1. The van der Waals surface area contributed by atoms with Crippen LogP contribution in [0.3, 0.4) is 0 Å². The Kier molecular flexibility index (Phi) is 6.05. The van der Waals surface area contributed by atoms with Crippen molar-refractivity contribution in [3.05, 3.63) is 59.2 Å². The van der Waals surface area contributed by atoms with Gasteiger partial charge in [0.2, 0.25) is 5.95 Å². The lowest BCUT2D eigenvalue weighted by molar-refractivity contribution is 0.00814. The molecule has 0 atom stereocenters. The van der Waals surface area contributed by atoms with Gasteiger partial charge in [0.25, 0.3) is 0 Å². The predicted octanol–water partition coefficient (Wildman–Crippen LogP) is 5.10. The van der Waals surface area contributed by atoms with E-state index >= 15 is 0 Å². The van der Waals surface area contributed by atoms with Gasteiger partial charge in [-0.15, -0.1) is 0 Å². The maximum atomic E-state index is 14.9. The SMILES string of the molecule is CCOC(=O)c1cc(F)ccc1-c1cc(C2CN(C(=O)OC(C)(C)C)C2)cn2c(C)nc(F)c12. The van der Waals surface area contributed by atoms with Crippen molar-refractivity contribution in [3.8, 4) is 11.1 Å². The molecule has 0 spiro atoms. The second kappa shape index (κ2) is 8.70. The Morgan fingerprint density at radius 2 is 1.85 bits per heavy atom. The van der Waals surface area contributed by atoms with Crippen molar-refractivity contribution < 1.29 is 27.8 Å². The lowest BCUT2D eigenvalue weighted by atomic mass is 9.89. The summed E-state index contributed by atoms with van der Waals surface area (Å²) < 4.78 is 41.0. The number of nitrogens with zero attached hydrogens (tertiary/aromatic N) is 3. The highest BCUT2D eigenvalue weighted by Crippen LogP contribution is 2.36. The fraction of sp³-hybridized carbons (Fsp3) is 0.400. The molecular formula is C25H27F2N3O4. The number of aromatic nitrogens is 2. The number of rotatable bonds is 4. The summed E-state index contributed by atoms with van der Waals surface area (Å²) >= 11 is 0. The van der Waals surface area contributed by atoms with Crippen LogP contribution in [0.4, 0.5) is 13.6 Å². The third-order valence-electron chi connectivity index (χ3n) is 5.66. The molecule has 3 heterocycles. The van der Waals surface area contributed by atoms with E-state index in [-0.39, 0.29) is 23.6 Å². The van der Waals surface area contributed by atoms with Crippen molar-refractivity contribution in [2.75, 3.05) is 19.7 Å². The summed E-state index contributed by atoms with van der Waals surface area (Å²) in [6.45, 7) is 9.74. The number of benzene rings is 1. The Labute approximate surface area is 196 Å². The number of amides is 1. The molecule has 1 aromatic carbocycles. The van der Waals surface area contributed by atoms with Crippen LogP contribution in [0.1, 0.15) is 55.4 Å². The summed E-state index contributed by atoms with van der Waals surface area (Å²) in [5, 5.41) is 0. The molecule has 0 aliphatic carbocycles. The number of ether oxygens (including phenoxy) is 2. The zero-order valence-corrected chi connectivity index (χ0v) is 19.8. The van der Waals surface area contributed by atoms with Gasteiger partial charge >= 0.3 is 12.1 Å². The Hall–Kier alpha value is -3.49. The quantitative estimate of drug-likeness (QED) is 0.495. The number of esters is 1. The molecule has 4 rings (SSSR count). The Morgan fingerprint density at radius 3 is 2.50 bits per heavy atom. The summed E-state index contributed by atoms with van der Waals surface area (Å²) in [6, 6.07) is 5.52. The normalized spacial score (nSPS) is 14.3. The van der Waals surface area contributed by atoms with E-state index in [9.17, 15) is 18.4 Å².